The molecule has 0 unspecified atom stereocenters. The van der Waals surface area contributed by atoms with Crippen LogP contribution >= 0.6 is 0 Å². The van der Waals surface area contributed by atoms with Gasteiger partial charge >= 0.3 is 0 Å². The average Bonchev–Trinajstić information content (AvgIpc) is 2.80. The minimum absolute atomic E-state index is 0.0580. The third-order valence-corrected chi connectivity index (χ3v) is 4.61. The summed E-state index contributed by atoms with van der Waals surface area (Å²) in [5.74, 6) is -0.0580. The fourth-order valence-corrected chi connectivity index (χ4v) is 3.03. The van der Waals surface area contributed by atoms with Crippen molar-refractivity contribution in [2.75, 3.05) is 19.6 Å². The van der Waals surface area contributed by atoms with Gasteiger partial charge in [-0.25, -0.2) is 4.98 Å². The van der Waals surface area contributed by atoms with Crippen LogP contribution in [0.1, 0.15) is 35.8 Å². The Bertz CT molecular complexity index is 700. The van der Waals surface area contributed by atoms with E-state index in [0.717, 1.165) is 42.7 Å². The summed E-state index contributed by atoms with van der Waals surface area (Å²) in [7, 11) is 1.86. The molecule has 1 fully saturated rings. The van der Waals surface area contributed by atoms with E-state index in [0.29, 0.717) is 12.1 Å². The van der Waals surface area contributed by atoms with Gasteiger partial charge in [0.2, 0.25) is 0 Å². The lowest BCUT2D eigenvalue weighted by Crippen LogP contribution is -2.42. The molecular formula is C16H23N5O. The Labute approximate surface area is 130 Å². The van der Waals surface area contributed by atoms with E-state index < -0.39 is 0 Å². The molecule has 22 heavy (non-hydrogen) atoms. The van der Waals surface area contributed by atoms with Crippen LogP contribution in [0.15, 0.2) is 12.3 Å². The van der Waals surface area contributed by atoms with Crippen LogP contribution in [0.3, 0.4) is 0 Å². The molecule has 2 N–H and O–H groups in total. The van der Waals surface area contributed by atoms with Crippen molar-refractivity contribution in [2.45, 2.75) is 26.7 Å². The topological polar surface area (TPSA) is 71.8 Å². The van der Waals surface area contributed by atoms with E-state index in [1.165, 1.54) is 0 Å². The van der Waals surface area contributed by atoms with E-state index in [1.807, 2.05) is 20.0 Å². The number of nitrogens with zero attached hydrogens (tertiary/aromatic N) is 3. The SMILES string of the molecule is Cc1nn(C)c2ncc(C(=O)NCC3(C)CCNCC3)cc12. The third-order valence-electron chi connectivity index (χ3n) is 4.61. The second kappa shape index (κ2) is 5.68. The van der Waals surface area contributed by atoms with E-state index in [-0.39, 0.29) is 11.3 Å². The molecular weight excluding hydrogens is 278 g/mol. The Morgan fingerprint density at radius 3 is 2.91 bits per heavy atom. The summed E-state index contributed by atoms with van der Waals surface area (Å²) in [5, 5.41) is 11.7. The molecule has 6 nitrogen and oxygen atoms in total. The summed E-state index contributed by atoms with van der Waals surface area (Å²) in [6.45, 7) is 6.92. The van der Waals surface area contributed by atoms with E-state index in [1.54, 1.807) is 10.9 Å². The van der Waals surface area contributed by atoms with Crippen LogP contribution in [0.2, 0.25) is 0 Å². The zero-order chi connectivity index (χ0) is 15.7. The molecule has 0 radical (unpaired) electrons. The van der Waals surface area contributed by atoms with Crippen LogP contribution in [0.5, 0.6) is 0 Å². The molecule has 6 heteroatoms. The fraction of sp³-hybridized carbons (Fsp3) is 0.562. The minimum Gasteiger partial charge on any atom is -0.351 e. The van der Waals surface area contributed by atoms with Crippen molar-refractivity contribution in [1.29, 1.82) is 0 Å². The van der Waals surface area contributed by atoms with Crippen molar-refractivity contribution in [3.8, 4) is 0 Å². The molecule has 0 bridgehead atoms. The number of hydrogen-bond acceptors (Lipinski definition) is 4. The lowest BCUT2D eigenvalue weighted by Gasteiger charge is -2.34. The molecule has 1 aliphatic heterocycles. The number of pyridine rings is 1. The number of nitrogens with one attached hydrogen (secondary N) is 2. The van der Waals surface area contributed by atoms with E-state index >= 15 is 0 Å². The molecule has 0 aliphatic carbocycles. The van der Waals surface area contributed by atoms with Crippen molar-refractivity contribution in [3.63, 3.8) is 0 Å². The zero-order valence-corrected chi connectivity index (χ0v) is 13.4. The zero-order valence-electron chi connectivity index (χ0n) is 13.4. The second-order valence-electron chi connectivity index (χ2n) is 6.55. The molecule has 2 aromatic heterocycles. The maximum Gasteiger partial charge on any atom is 0.252 e. The molecule has 1 saturated heterocycles. The molecule has 0 saturated carbocycles. The van der Waals surface area contributed by atoms with Crippen LogP contribution < -0.4 is 10.6 Å². The smallest absolute Gasteiger partial charge is 0.252 e. The number of piperidine rings is 1. The summed E-state index contributed by atoms with van der Waals surface area (Å²) in [5.41, 5.74) is 2.48. The van der Waals surface area contributed by atoms with Crippen LogP contribution in [-0.4, -0.2) is 40.3 Å². The molecule has 1 amide bonds. The largest absolute Gasteiger partial charge is 0.351 e. The van der Waals surface area contributed by atoms with E-state index in [4.69, 9.17) is 0 Å². The maximum absolute atomic E-state index is 12.4. The van der Waals surface area contributed by atoms with Gasteiger partial charge in [0.1, 0.15) is 0 Å². The highest BCUT2D eigenvalue weighted by atomic mass is 16.1. The number of aryl methyl sites for hydroxylation is 2. The number of carbonyl (C=O) groups excluding carboxylic acids is 1. The summed E-state index contributed by atoms with van der Waals surface area (Å²) in [6, 6.07) is 1.88. The number of aromatic nitrogens is 3. The van der Waals surface area contributed by atoms with Gasteiger partial charge in [0, 0.05) is 25.2 Å². The van der Waals surface area contributed by atoms with E-state index in [2.05, 4.69) is 27.6 Å². The normalized spacial score (nSPS) is 17.6. The van der Waals surface area contributed by atoms with Crippen molar-refractivity contribution in [2.24, 2.45) is 12.5 Å². The van der Waals surface area contributed by atoms with Gasteiger partial charge < -0.3 is 10.6 Å². The van der Waals surface area contributed by atoms with Crippen molar-refractivity contribution < 1.29 is 4.79 Å². The number of amides is 1. The number of rotatable bonds is 3. The minimum atomic E-state index is -0.0580. The second-order valence-corrected chi connectivity index (χ2v) is 6.55. The number of fused-ring (bicyclic) bond motifs is 1. The van der Waals surface area contributed by atoms with Crippen LogP contribution in [0, 0.1) is 12.3 Å². The van der Waals surface area contributed by atoms with Crippen molar-refractivity contribution in [3.05, 3.63) is 23.5 Å². The summed E-state index contributed by atoms with van der Waals surface area (Å²) < 4.78 is 1.74. The Morgan fingerprint density at radius 1 is 1.45 bits per heavy atom. The molecule has 3 heterocycles. The predicted octanol–water partition coefficient (Wildman–Crippen LogP) is 1.40. The molecule has 0 aromatic carbocycles. The highest BCUT2D eigenvalue weighted by Gasteiger charge is 2.27. The summed E-state index contributed by atoms with van der Waals surface area (Å²) >= 11 is 0. The Kier molecular flexibility index (Phi) is 3.87. The van der Waals surface area contributed by atoms with Crippen LogP contribution in [0.4, 0.5) is 0 Å². The molecule has 2 aromatic rings. The first-order chi connectivity index (χ1) is 10.5. The Hall–Kier alpha value is -1.95. The van der Waals surface area contributed by atoms with Gasteiger partial charge in [0.05, 0.1) is 11.3 Å². The van der Waals surface area contributed by atoms with E-state index in [9.17, 15) is 4.79 Å². The van der Waals surface area contributed by atoms with Crippen molar-refractivity contribution in [1.82, 2.24) is 25.4 Å². The van der Waals surface area contributed by atoms with Gasteiger partial charge in [0.25, 0.3) is 5.91 Å². The number of hydrogen-bond donors (Lipinski definition) is 2. The highest BCUT2D eigenvalue weighted by Crippen LogP contribution is 2.26. The quantitative estimate of drug-likeness (QED) is 0.899. The molecule has 0 atom stereocenters. The third kappa shape index (κ3) is 2.83. The van der Waals surface area contributed by atoms with Crippen LogP contribution in [0.25, 0.3) is 11.0 Å². The first-order valence-corrected chi connectivity index (χ1v) is 7.77. The fourth-order valence-electron chi connectivity index (χ4n) is 3.03. The Balaban J connectivity index is 1.73. The first kappa shape index (κ1) is 15.0. The predicted molar refractivity (Wildman–Crippen MR) is 85.8 cm³/mol. The monoisotopic (exact) mass is 301 g/mol. The maximum atomic E-state index is 12.4. The number of carbonyl (C=O) groups is 1. The van der Waals surface area contributed by atoms with Crippen LogP contribution in [-0.2, 0) is 7.05 Å². The van der Waals surface area contributed by atoms with Gasteiger partial charge in [-0.15, -0.1) is 0 Å². The standard InChI is InChI=1S/C16H23N5O/c1-11-13-8-12(9-18-14(13)21(3)20-11)15(22)19-10-16(2)4-6-17-7-5-16/h8-9,17H,4-7,10H2,1-3H3,(H,19,22). The van der Waals surface area contributed by atoms with Gasteiger partial charge in [-0.1, -0.05) is 6.92 Å². The summed E-state index contributed by atoms with van der Waals surface area (Å²) in [6.07, 6.45) is 3.81. The van der Waals surface area contributed by atoms with Gasteiger partial charge in [-0.3, -0.25) is 9.48 Å². The molecule has 118 valence electrons. The molecule has 0 spiro atoms. The highest BCUT2D eigenvalue weighted by molar-refractivity contribution is 5.97. The van der Waals surface area contributed by atoms with Gasteiger partial charge in [-0.2, -0.15) is 5.10 Å². The lowest BCUT2D eigenvalue weighted by atomic mass is 9.81. The first-order valence-electron chi connectivity index (χ1n) is 7.77. The summed E-state index contributed by atoms with van der Waals surface area (Å²) in [4.78, 5) is 16.8. The Morgan fingerprint density at radius 2 is 2.18 bits per heavy atom. The van der Waals surface area contributed by atoms with Crippen molar-refractivity contribution >= 4 is 16.9 Å². The van der Waals surface area contributed by atoms with Gasteiger partial charge in [-0.05, 0) is 44.3 Å². The average molecular weight is 301 g/mol. The van der Waals surface area contributed by atoms with Gasteiger partial charge in [0.15, 0.2) is 5.65 Å². The lowest BCUT2D eigenvalue weighted by molar-refractivity contribution is 0.0922. The molecule has 3 rings (SSSR count). The molecule has 1 aliphatic rings.